The average molecular weight is 347 g/mol. The van der Waals surface area contributed by atoms with E-state index in [0.29, 0.717) is 0 Å². The van der Waals surface area contributed by atoms with Gasteiger partial charge in [-0.2, -0.15) is 0 Å². The van der Waals surface area contributed by atoms with Gasteiger partial charge in [-0.25, -0.2) is 35.1 Å². The van der Waals surface area contributed by atoms with Crippen LogP contribution in [-0.2, 0) is 0 Å². The van der Waals surface area contributed by atoms with Crippen LogP contribution in [0.1, 0.15) is 12.8 Å². The number of hydrogen-bond acceptors (Lipinski definition) is 1. The number of halogens is 9. The summed E-state index contributed by atoms with van der Waals surface area (Å²) in [5, 5.41) is 0. The molecule has 1 nitrogen and oxygen atoms in total. The molecule has 0 saturated heterocycles. The van der Waals surface area contributed by atoms with Gasteiger partial charge in [0.05, 0.1) is 6.67 Å². The number of rotatable bonds is 11. The molecule has 2 N–H and O–H groups in total. The molecule has 0 fully saturated rings. The van der Waals surface area contributed by atoms with E-state index in [4.69, 9.17) is 0 Å². The minimum absolute atomic E-state index is 0.470. The second-order valence-corrected chi connectivity index (χ2v) is 4.77. The molecule has 0 aliphatic rings. The first-order valence-corrected chi connectivity index (χ1v) is 6.57. The number of alkyl halides is 9. The van der Waals surface area contributed by atoms with Crippen molar-refractivity contribution in [3.05, 3.63) is 0 Å². The van der Waals surface area contributed by atoms with Gasteiger partial charge in [0.15, 0.2) is 37.0 Å². The summed E-state index contributed by atoms with van der Waals surface area (Å²) in [6.45, 7) is -2.05. The Morgan fingerprint density at radius 2 is 0.955 bits per heavy atom. The standard InChI is InChI=1S/C12H18F9N/c13-3-1-2-5(14)7(16)9(18)11(20)12(21)10(19)8(17)6(15)4-22/h5-12H,1-4,22H2. The monoisotopic (exact) mass is 347 g/mol. The van der Waals surface area contributed by atoms with E-state index in [0.717, 1.165) is 0 Å². The van der Waals surface area contributed by atoms with Gasteiger partial charge >= 0.3 is 0 Å². The van der Waals surface area contributed by atoms with Crippen LogP contribution in [0.2, 0.25) is 0 Å². The average Bonchev–Trinajstić information content (AvgIpc) is 2.54. The summed E-state index contributed by atoms with van der Waals surface area (Å²) in [6, 6.07) is 0. The van der Waals surface area contributed by atoms with Crippen molar-refractivity contribution < 1.29 is 39.5 Å². The summed E-state index contributed by atoms with van der Waals surface area (Å²) in [5.74, 6) is 0. The summed E-state index contributed by atoms with van der Waals surface area (Å²) in [5.41, 5.74) is 4.67. The molecule has 0 aromatic rings. The number of nitrogens with two attached hydrogens (primary N) is 1. The lowest BCUT2D eigenvalue weighted by atomic mass is 9.97. The van der Waals surface area contributed by atoms with Crippen molar-refractivity contribution in [2.75, 3.05) is 13.2 Å². The maximum Gasteiger partial charge on any atom is 0.168 e. The SMILES string of the molecule is NCC(F)C(F)C(F)C(F)C(F)C(F)C(F)C(F)CCCF. The van der Waals surface area contributed by atoms with Crippen LogP contribution in [0.4, 0.5) is 39.5 Å². The molecular formula is C12H18F9N. The van der Waals surface area contributed by atoms with Crippen LogP contribution in [0, 0.1) is 0 Å². The summed E-state index contributed by atoms with van der Waals surface area (Å²) < 4.78 is 117. The molecular weight excluding hydrogens is 329 g/mol. The molecule has 22 heavy (non-hydrogen) atoms. The third kappa shape index (κ3) is 5.85. The molecule has 0 radical (unpaired) electrons. The highest BCUT2D eigenvalue weighted by Gasteiger charge is 2.46. The summed E-state index contributed by atoms with van der Waals surface area (Å²) in [7, 11) is 0. The lowest BCUT2D eigenvalue weighted by Crippen LogP contribution is -2.47. The van der Waals surface area contributed by atoms with E-state index < -0.39 is 75.4 Å². The second-order valence-electron chi connectivity index (χ2n) is 4.77. The maximum absolute atomic E-state index is 13.3. The zero-order chi connectivity index (χ0) is 17.4. The first kappa shape index (κ1) is 21.3. The zero-order valence-electron chi connectivity index (χ0n) is 11.4. The van der Waals surface area contributed by atoms with Crippen molar-refractivity contribution in [3.63, 3.8) is 0 Å². The largest absolute Gasteiger partial charge is 0.328 e. The first-order valence-electron chi connectivity index (χ1n) is 6.57. The fraction of sp³-hybridized carbons (Fsp3) is 1.00. The van der Waals surface area contributed by atoms with Gasteiger partial charge in [0, 0.05) is 6.54 Å². The van der Waals surface area contributed by atoms with E-state index in [-0.39, 0.29) is 0 Å². The van der Waals surface area contributed by atoms with E-state index in [1.807, 2.05) is 0 Å². The molecule has 0 amide bonds. The van der Waals surface area contributed by atoms with Crippen LogP contribution in [0.5, 0.6) is 0 Å². The Morgan fingerprint density at radius 1 is 0.591 bits per heavy atom. The Balaban J connectivity index is 4.68. The predicted molar refractivity (Wildman–Crippen MR) is 63.4 cm³/mol. The van der Waals surface area contributed by atoms with Crippen molar-refractivity contribution in [1.29, 1.82) is 0 Å². The van der Waals surface area contributed by atoms with E-state index in [1.165, 1.54) is 0 Å². The minimum atomic E-state index is -3.54. The highest BCUT2D eigenvalue weighted by atomic mass is 19.2. The number of hydrogen-bond donors (Lipinski definition) is 1. The third-order valence-electron chi connectivity index (χ3n) is 3.05. The van der Waals surface area contributed by atoms with Crippen LogP contribution in [0.25, 0.3) is 0 Å². The molecule has 134 valence electrons. The summed E-state index contributed by atoms with van der Waals surface area (Å²) in [4.78, 5) is 0. The Labute approximate surface area is 122 Å². The molecule has 0 heterocycles. The predicted octanol–water partition coefficient (Wildman–Crippen LogP) is 3.40. The molecule has 0 aromatic heterocycles. The molecule has 0 rings (SSSR count). The molecule has 8 unspecified atom stereocenters. The highest BCUT2D eigenvalue weighted by Crippen LogP contribution is 2.28. The summed E-state index contributed by atoms with van der Waals surface area (Å²) in [6.07, 6.45) is -26.8. The lowest BCUT2D eigenvalue weighted by molar-refractivity contribution is -0.0459. The topological polar surface area (TPSA) is 26.0 Å². The van der Waals surface area contributed by atoms with Crippen LogP contribution >= 0.6 is 0 Å². The summed E-state index contributed by atoms with van der Waals surface area (Å²) >= 11 is 0. The van der Waals surface area contributed by atoms with E-state index in [9.17, 15) is 39.5 Å². The molecule has 0 aliphatic carbocycles. The van der Waals surface area contributed by atoms with Crippen LogP contribution < -0.4 is 5.73 Å². The van der Waals surface area contributed by atoms with Gasteiger partial charge in [0.25, 0.3) is 0 Å². The molecule has 0 aliphatic heterocycles. The van der Waals surface area contributed by atoms with Gasteiger partial charge in [-0.05, 0) is 12.8 Å². The smallest absolute Gasteiger partial charge is 0.168 e. The maximum atomic E-state index is 13.3. The van der Waals surface area contributed by atoms with Gasteiger partial charge in [-0.1, -0.05) is 0 Å². The van der Waals surface area contributed by atoms with Crippen molar-refractivity contribution >= 4 is 0 Å². The van der Waals surface area contributed by atoms with E-state index in [2.05, 4.69) is 5.73 Å². The second kappa shape index (κ2) is 10.2. The molecule has 0 bridgehead atoms. The van der Waals surface area contributed by atoms with Gasteiger partial charge in [0.2, 0.25) is 0 Å². The van der Waals surface area contributed by atoms with Crippen molar-refractivity contribution in [2.24, 2.45) is 5.73 Å². The first-order chi connectivity index (χ1) is 10.2. The quantitative estimate of drug-likeness (QED) is 0.570. The Bertz CT molecular complexity index is 296. The van der Waals surface area contributed by atoms with Gasteiger partial charge < -0.3 is 5.73 Å². The zero-order valence-corrected chi connectivity index (χ0v) is 11.4. The Hall–Kier alpha value is -0.670. The lowest BCUT2D eigenvalue weighted by Gasteiger charge is -2.26. The van der Waals surface area contributed by atoms with E-state index in [1.54, 1.807) is 0 Å². The highest BCUT2D eigenvalue weighted by molar-refractivity contribution is 4.93. The van der Waals surface area contributed by atoms with Gasteiger partial charge in [-0.15, -0.1) is 0 Å². The minimum Gasteiger partial charge on any atom is -0.328 e. The van der Waals surface area contributed by atoms with Crippen LogP contribution in [0.3, 0.4) is 0 Å². The van der Waals surface area contributed by atoms with Crippen molar-refractivity contribution in [2.45, 2.75) is 62.2 Å². The van der Waals surface area contributed by atoms with E-state index >= 15 is 0 Å². The van der Waals surface area contributed by atoms with Crippen molar-refractivity contribution in [3.8, 4) is 0 Å². The molecule has 8 atom stereocenters. The van der Waals surface area contributed by atoms with Crippen molar-refractivity contribution in [1.82, 2.24) is 0 Å². The Kier molecular flexibility index (Phi) is 9.86. The fourth-order valence-electron chi connectivity index (χ4n) is 1.66. The Morgan fingerprint density at radius 3 is 1.32 bits per heavy atom. The molecule has 0 aromatic carbocycles. The molecule has 0 spiro atoms. The molecule has 10 heteroatoms. The third-order valence-corrected chi connectivity index (χ3v) is 3.05. The van der Waals surface area contributed by atoms with Gasteiger partial charge in [-0.3, -0.25) is 4.39 Å². The molecule has 0 saturated carbocycles. The fourth-order valence-corrected chi connectivity index (χ4v) is 1.66. The van der Waals surface area contributed by atoms with Gasteiger partial charge in [0.1, 0.15) is 12.3 Å². The van der Waals surface area contributed by atoms with Crippen LogP contribution in [0.15, 0.2) is 0 Å². The van der Waals surface area contributed by atoms with Crippen LogP contribution in [-0.4, -0.2) is 62.6 Å². The normalized spacial score (nSPS) is 23.2.